The first kappa shape index (κ1) is 15.7. The van der Waals surface area contributed by atoms with E-state index in [1.807, 2.05) is 23.9 Å². The molecule has 1 saturated heterocycles. The molecule has 0 unspecified atom stereocenters. The van der Waals surface area contributed by atoms with Crippen molar-refractivity contribution in [1.82, 2.24) is 20.0 Å². The fraction of sp³-hybridized carbons (Fsp3) is 0.471. The Hall–Kier alpha value is -2.23. The number of aliphatic hydroxyl groups excluding tert-OH is 1. The van der Waals surface area contributed by atoms with Gasteiger partial charge in [0.1, 0.15) is 12.3 Å². The summed E-state index contributed by atoms with van der Waals surface area (Å²) in [6.45, 7) is 3.38. The van der Waals surface area contributed by atoms with Crippen LogP contribution < -0.4 is 0 Å². The molecule has 0 amide bonds. The van der Waals surface area contributed by atoms with Crippen molar-refractivity contribution in [3.63, 3.8) is 0 Å². The Bertz CT molecular complexity index is 724. The maximum atomic E-state index is 8.74. The van der Waals surface area contributed by atoms with Crippen LogP contribution in [0.3, 0.4) is 0 Å². The number of aryl methyl sites for hydroxylation is 1. The minimum Gasteiger partial charge on any atom is -0.384 e. The maximum Gasteiger partial charge on any atom is 0.131 e. The quantitative estimate of drug-likeness (QED) is 0.871. The van der Waals surface area contributed by atoms with E-state index < -0.39 is 0 Å². The Morgan fingerprint density at radius 2 is 2.35 bits per heavy atom. The van der Waals surface area contributed by atoms with E-state index >= 15 is 0 Å². The summed E-state index contributed by atoms with van der Waals surface area (Å²) in [5.41, 5.74) is 3.31. The van der Waals surface area contributed by atoms with Crippen LogP contribution in [-0.4, -0.2) is 44.4 Å². The van der Waals surface area contributed by atoms with Gasteiger partial charge in [-0.05, 0) is 37.8 Å². The average molecular weight is 312 g/mol. The number of ether oxygens (including phenoxy) is 1. The first-order chi connectivity index (χ1) is 11.3. The zero-order valence-electron chi connectivity index (χ0n) is 13.2. The number of hydrogen-bond acceptors (Lipinski definition) is 5. The molecule has 2 aromatic heterocycles. The van der Waals surface area contributed by atoms with E-state index in [1.165, 1.54) is 6.42 Å². The van der Waals surface area contributed by atoms with E-state index in [1.54, 1.807) is 6.20 Å². The highest BCUT2D eigenvalue weighted by Crippen LogP contribution is 2.20. The maximum absolute atomic E-state index is 8.74. The highest BCUT2D eigenvalue weighted by atomic mass is 16.5. The predicted octanol–water partition coefficient (Wildman–Crippen LogP) is 1.56. The molecule has 0 saturated carbocycles. The minimum atomic E-state index is -0.154. The first-order valence-corrected chi connectivity index (χ1v) is 7.85. The molecule has 1 N–H and O–H groups in total. The fourth-order valence-electron chi connectivity index (χ4n) is 2.71. The lowest BCUT2D eigenvalue weighted by Gasteiger charge is -2.21. The van der Waals surface area contributed by atoms with E-state index in [9.17, 15) is 0 Å². The monoisotopic (exact) mass is 312 g/mol. The summed E-state index contributed by atoms with van der Waals surface area (Å²) < 4.78 is 7.56. The van der Waals surface area contributed by atoms with Gasteiger partial charge in [0.25, 0.3) is 0 Å². The molecular formula is C17H20N4O2. The SMILES string of the molecule is Cc1cc(C#CCO)cnc1-c1cn(C[C@H]2CCCCO2)nn1. The van der Waals surface area contributed by atoms with Gasteiger partial charge in [0.05, 0.1) is 24.5 Å². The molecule has 6 nitrogen and oxygen atoms in total. The van der Waals surface area contributed by atoms with Crippen molar-refractivity contribution in [2.45, 2.75) is 38.8 Å². The summed E-state index contributed by atoms with van der Waals surface area (Å²) in [7, 11) is 0. The first-order valence-electron chi connectivity index (χ1n) is 7.85. The molecule has 6 heteroatoms. The summed E-state index contributed by atoms with van der Waals surface area (Å²) in [6, 6.07) is 1.94. The van der Waals surface area contributed by atoms with Crippen molar-refractivity contribution in [2.75, 3.05) is 13.2 Å². The van der Waals surface area contributed by atoms with E-state index in [4.69, 9.17) is 9.84 Å². The van der Waals surface area contributed by atoms with Crippen LogP contribution in [0.5, 0.6) is 0 Å². The molecule has 1 aliphatic heterocycles. The molecule has 0 aliphatic carbocycles. The molecule has 0 spiro atoms. The predicted molar refractivity (Wildman–Crippen MR) is 85.5 cm³/mol. The molecule has 3 rings (SSSR count). The highest BCUT2D eigenvalue weighted by molar-refractivity contribution is 5.58. The third kappa shape index (κ3) is 3.95. The third-order valence-corrected chi connectivity index (χ3v) is 3.84. The standard InChI is InChI=1S/C17H20N4O2/c1-13-9-14(5-4-7-22)10-18-17(13)16-12-21(20-19-16)11-15-6-2-3-8-23-15/h9-10,12,15,22H,2-3,6-8,11H2,1H3/t15-/m1/s1. The Morgan fingerprint density at radius 1 is 1.43 bits per heavy atom. The average Bonchev–Trinajstić information content (AvgIpc) is 3.02. The smallest absolute Gasteiger partial charge is 0.131 e. The number of aliphatic hydroxyl groups is 1. The summed E-state index contributed by atoms with van der Waals surface area (Å²) in [4.78, 5) is 4.43. The van der Waals surface area contributed by atoms with Crippen molar-refractivity contribution in [3.05, 3.63) is 29.6 Å². The van der Waals surface area contributed by atoms with Crippen LogP contribution in [0.1, 0.15) is 30.4 Å². The van der Waals surface area contributed by atoms with Gasteiger partial charge in [-0.25, -0.2) is 4.68 Å². The number of pyridine rings is 1. The number of hydrogen-bond donors (Lipinski definition) is 1. The second-order valence-electron chi connectivity index (χ2n) is 5.66. The van der Waals surface area contributed by atoms with Crippen molar-refractivity contribution < 1.29 is 9.84 Å². The molecule has 1 fully saturated rings. The van der Waals surface area contributed by atoms with Crippen LogP contribution in [0.15, 0.2) is 18.5 Å². The second kappa shape index (κ2) is 7.36. The summed E-state index contributed by atoms with van der Waals surface area (Å²) >= 11 is 0. The fourth-order valence-corrected chi connectivity index (χ4v) is 2.71. The molecule has 0 radical (unpaired) electrons. The second-order valence-corrected chi connectivity index (χ2v) is 5.66. The van der Waals surface area contributed by atoms with Crippen LogP contribution in [0.2, 0.25) is 0 Å². The van der Waals surface area contributed by atoms with Crippen molar-refractivity contribution in [2.24, 2.45) is 0 Å². The molecule has 23 heavy (non-hydrogen) atoms. The van der Waals surface area contributed by atoms with Crippen LogP contribution in [0, 0.1) is 18.8 Å². The van der Waals surface area contributed by atoms with Crippen molar-refractivity contribution in [3.8, 4) is 23.2 Å². The normalized spacial score (nSPS) is 17.6. The van der Waals surface area contributed by atoms with Gasteiger partial charge in [-0.1, -0.05) is 17.1 Å². The van der Waals surface area contributed by atoms with E-state index in [2.05, 4.69) is 27.1 Å². The Morgan fingerprint density at radius 3 is 3.09 bits per heavy atom. The van der Waals surface area contributed by atoms with Gasteiger partial charge in [0.2, 0.25) is 0 Å². The Balaban J connectivity index is 1.74. The molecular weight excluding hydrogens is 292 g/mol. The lowest BCUT2D eigenvalue weighted by molar-refractivity contribution is 0.00370. The van der Waals surface area contributed by atoms with Gasteiger partial charge >= 0.3 is 0 Å². The zero-order chi connectivity index (χ0) is 16.1. The topological polar surface area (TPSA) is 73.1 Å². The van der Waals surface area contributed by atoms with E-state index in [0.717, 1.165) is 48.5 Å². The van der Waals surface area contributed by atoms with E-state index in [-0.39, 0.29) is 12.7 Å². The molecule has 0 bridgehead atoms. The molecule has 2 aromatic rings. The number of nitrogens with zero attached hydrogens (tertiary/aromatic N) is 4. The van der Waals surface area contributed by atoms with Crippen LogP contribution in [0.4, 0.5) is 0 Å². The van der Waals surface area contributed by atoms with Crippen LogP contribution in [0.25, 0.3) is 11.4 Å². The highest BCUT2D eigenvalue weighted by Gasteiger charge is 2.16. The number of rotatable bonds is 3. The lowest BCUT2D eigenvalue weighted by atomic mass is 10.1. The van der Waals surface area contributed by atoms with Crippen LogP contribution in [-0.2, 0) is 11.3 Å². The minimum absolute atomic E-state index is 0.154. The molecule has 0 aromatic carbocycles. The summed E-state index contributed by atoms with van der Waals surface area (Å²) in [6.07, 6.45) is 7.26. The number of aromatic nitrogens is 4. The molecule has 1 aliphatic rings. The Kier molecular flexibility index (Phi) is 5.01. The molecule has 3 heterocycles. The van der Waals surface area contributed by atoms with Crippen molar-refractivity contribution >= 4 is 0 Å². The zero-order valence-corrected chi connectivity index (χ0v) is 13.2. The van der Waals surface area contributed by atoms with E-state index in [0.29, 0.717) is 0 Å². The van der Waals surface area contributed by atoms with Gasteiger partial charge in [-0.15, -0.1) is 5.10 Å². The van der Waals surface area contributed by atoms with Crippen molar-refractivity contribution in [1.29, 1.82) is 0 Å². The molecule has 120 valence electrons. The van der Waals surface area contributed by atoms with Gasteiger partial charge in [0, 0.05) is 18.4 Å². The van der Waals surface area contributed by atoms with Gasteiger partial charge in [0.15, 0.2) is 0 Å². The summed E-state index contributed by atoms with van der Waals surface area (Å²) in [5.74, 6) is 5.47. The Labute approximate surface area is 135 Å². The van der Waals surface area contributed by atoms with Gasteiger partial charge in [-0.3, -0.25) is 4.98 Å². The van der Waals surface area contributed by atoms with Gasteiger partial charge in [-0.2, -0.15) is 0 Å². The summed E-state index contributed by atoms with van der Waals surface area (Å²) in [5, 5.41) is 17.2. The van der Waals surface area contributed by atoms with Crippen LogP contribution >= 0.6 is 0 Å². The molecule has 1 atom stereocenters. The lowest BCUT2D eigenvalue weighted by Crippen LogP contribution is -2.24. The van der Waals surface area contributed by atoms with Gasteiger partial charge < -0.3 is 9.84 Å². The third-order valence-electron chi connectivity index (χ3n) is 3.84. The largest absolute Gasteiger partial charge is 0.384 e.